The zero-order chi connectivity index (χ0) is 10.8. The number of hydrogen-bond donors (Lipinski definition) is 0. The van der Waals surface area contributed by atoms with Crippen molar-refractivity contribution in [3.05, 3.63) is 34.6 Å². The van der Waals surface area contributed by atoms with Crippen molar-refractivity contribution in [3.63, 3.8) is 0 Å². The predicted octanol–water partition coefficient (Wildman–Crippen LogP) is 0.231. The molecule has 1 aromatic carbocycles. The van der Waals surface area contributed by atoms with Crippen LogP contribution in [0.5, 0.6) is 0 Å². The number of methoxy groups -OCH3 is 1. The Bertz CT molecular complexity index is 555. The van der Waals surface area contributed by atoms with Crippen LogP contribution in [0.25, 0.3) is 9.65 Å². The number of ether oxygens (including phenoxy) is 1. The number of carbonyl (C=O) groups excluding carboxylic acids is 1. The normalized spacial score (nSPS) is 10.5. The van der Waals surface area contributed by atoms with E-state index in [1.165, 1.54) is 7.11 Å². The topological polar surface area (TPSA) is 48.3 Å². The summed E-state index contributed by atoms with van der Waals surface area (Å²) in [6, 6.07) is 7.44. The Morgan fingerprint density at radius 3 is 2.87 bits per heavy atom. The van der Waals surface area contributed by atoms with Crippen LogP contribution in [0.4, 0.5) is 0 Å². The Hall–Kier alpha value is -1.32. The van der Waals surface area contributed by atoms with E-state index in [1.807, 2.05) is 18.2 Å². The standard InChI is InChI=1S/C10H9NO3Se/c1-14-9(12)6-11-10(13)7-4-2-3-5-8(7)15-11/h2-5H,6H2,1H3. The van der Waals surface area contributed by atoms with Crippen molar-refractivity contribution in [2.45, 2.75) is 6.54 Å². The van der Waals surface area contributed by atoms with E-state index in [0.717, 1.165) is 4.26 Å². The Kier molecular flexibility index (Phi) is 2.75. The molecule has 0 atom stereocenters. The van der Waals surface area contributed by atoms with Crippen molar-refractivity contribution in [2.24, 2.45) is 0 Å². The van der Waals surface area contributed by atoms with Gasteiger partial charge in [-0.2, -0.15) is 0 Å². The second kappa shape index (κ2) is 4.04. The van der Waals surface area contributed by atoms with Gasteiger partial charge in [0.05, 0.1) is 0 Å². The van der Waals surface area contributed by atoms with E-state index in [2.05, 4.69) is 4.74 Å². The number of benzene rings is 1. The van der Waals surface area contributed by atoms with Gasteiger partial charge in [0.15, 0.2) is 0 Å². The molecule has 0 amide bonds. The van der Waals surface area contributed by atoms with Crippen molar-refractivity contribution < 1.29 is 9.53 Å². The van der Waals surface area contributed by atoms with Crippen LogP contribution in [-0.2, 0) is 16.1 Å². The van der Waals surface area contributed by atoms with Crippen LogP contribution in [0.15, 0.2) is 29.1 Å². The molecule has 0 radical (unpaired) electrons. The van der Waals surface area contributed by atoms with Crippen LogP contribution >= 0.6 is 0 Å². The van der Waals surface area contributed by atoms with Crippen molar-refractivity contribution >= 4 is 30.3 Å². The first kappa shape index (κ1) is 10.2. The van der Waals surface area contributed by atoms with Gasteiger partial charge >= 0.3 is 91.7 Å². The Balaban J connectivity index is 2.49. The minimum atomic E-state index is -0.377. The molecule has 0 spiro atoms. The summed E-state index contributed by atoms with van der Waals surface area (Å²) in [6.07, 6.45) is 0. The number of hydrogen-bond acceptors (Lipinski definition) is 3. The molecule has 5 heteroatoms. The number of rotatable bonds is 2. The molecular formula is C10H9NO3Se. The average molecular weight is 270 g/mol. The van der Waals surface area contributed by atoms with E-state index < -0.39 is 0 Å². The summed E-state index contributed by atoms with van der Waals surface area (Å²) < 4.78 is 7.11. The molecule has 0 fully saturated rings. The van der Waals surface area contributed by atoms with Crippen LogP contribution in [0.2, 0.25) is 0 Å². The fourth-order valence-corrected chi connectivity index (χ4v) is 3.36. The van der Waals surface area contributed by atoms with Crippen LogP contribution in [0.3, 0.4) is 0 Å². The molecule has 78 valence electrons. The predicted molar refractivity (Wildman–Crippen MR) is 57.2 cm³/mol. The first-order valence-electron chi connectivity index (χ1n) is 4.38. The summed E-state index contributed by atoms with van der Waals surface area (Å²) in [5.41, 5.74) is -0.0731. The molecule has 0 aliphatic carbocycles. The summed E-state index contributed by atoms with van der Waals surface area (Å²) in [5.74, 6) is -0.377. The van der Waals surface area contributed by atoms with E-state index in [4.69, 9.17) is 0 Å². The molecule has 2 aromatic rings. The summed E-state index contributed by atoms with van der Waals surface area (Å²) in [6.45, 7) is 0.0456. The van der Waals surface area contributed by atoms with Gasteiger partial charge < -0.3 is 0 Å². The van der Waals surface area contributed by atoms with Gasteiger partial charge in [-0.15, -0.1) is 0 Å². The molecule has 0 saturated carbocycles. The molecule has 0 saturated heterocycles. The molecule has 4 nitrogen and oxygen atoms in total. The average Bonchev–Trinajstić information content (AvgIpc) is 2.57. The Labute approximate surface area is 92.1 Å². The van der Waals surface area contributed by atoms with Gasteiger partial charge in [-0.05, 0) is 0 Å². The van der Waals surface area contributed by atoms with Gasteiger partial charge in [0.2, 0.25) is 0 Å². The van der Waals surface area contributed by atoms with Gasteiger partial charge in [0, 0.05) is 0 Å². The number of fused-ring (bicyclic) bond motifs is 1. The molecule has 0 unspecified atom stereocenters. The quantitative estimate of drug-likeness (QED) is 0.580. The van der Waals surface area contributed by atoms with Crippen LogP contribution in [-0.4, -0.2) is 31.4 Å². The first-order valence-corrected chi connectivity index (χ1v) is 6.00. The zero-order valence-electron chi connectivity index (χ0n) is 8.10. The molecule has 2 rings (SSSR count). The second-order valence-electron chi connectivity index (χ2n) is 3.01. The van der Waals surface area contributed by atoms with Gasteiger partial charge in [-0.1, -0.05) is 0 Å². The van der Waals surface area contributed by atoms with Gasteiger partial charge in [0.25, 0.3) is 0 Å². The molecule has 15 heavy (non-hydrogen) atoms. The molecule has 1 aromatic heterocycles. The first-order chi connectivity index (χ1) is 7.22. The SMILES string of the molecule is COC(=O)Cn1[se]c2ccccc2c1=O. The Morgan fingerprint density at radius 1 is 1.47 bits per heavy atom. The molecule has 0 N–H and O–H groups in total. The van der Waals surface area contributed by atoms with Gasteiger partial charge in [0.1, 0.15) is 0 Å². The summed E-state index contributed by atoms with van der Waals surface area (Å²) in [4.78, 5) is 22.8. The van der Waals surface area contributed by atoms with E-state index >= 15 is 0 Å². The van der Waals surface area contributed by atoms with Crippen molar-refractivity contribution in [2.75, 3.05) is 7.11 Å². The molecule has 0 bridgehead atoms. The molecular weight excluding hydrogens is 261 g/mol. The van der Waals surface area contributed by atoms with E-state index in [-0.39, 0.29) is 32.8 Å². The maximum absolute atomic E-state index is 11.8. The molecule has 0 aliphatic rings. The van der Waals surface area contributed by atoms with Crippen LogP contribution in [0.1, 0.15) is 0 Å². The van der Waals surface area contributed by atoms with Gasteiger partial charge in [-0.25, -0.2) is 0 Å². The monoisotopic (exact) mass is 271 g/mol. The summed E-state index contributed by atoms with van der Waals surface area (Å²) >= 11 is -0.0954. The number of aromatic nitrogens is 1. The van der Waals surface area contributed by atoms with Crippen molar-refractivity contribution in [1.82, 2.24) is 3.56 Å². The fourth-order valence-electron chi connectivity index (χ4n) is 1.30. The third-order valence-corrected chi connectivity index (χ3v) is 4.29. The number of carbonyl (C=O) groups is 1. The number of esters is 1. The van der Waals surface area contributed by atoms with Gasteiger partial charge in [-0.3, -0.25) is 0 Å². The van der Waals surface area contributed by atoms with Crippen LogP contribution < -0.4 is 5.56 Å². The fraction of sp³-hybridized carbons (Fsp3) is 0.200. The second-order valence-corrected chi connectivity index (χ2v) is 5.24. The van der Waals surface area contributed by atoms with Crippen LogP contribution in [0, 0.1) is 0 Å². The van der Waals surface area contributed by atoms with E-state index in [1.54, 1.807) is 9.63 Å². The summed E-state index contributed by atoms with van der Waals surface area (Å²) in [5, 5.41) is 0.710. The number of nitrogens with zero attached hydrogens (tertiary/aromatic N) is 1. The third kappa shape index (κ3) is 1.89. The Morgan fingerprint density at radius 2 is 2.20 bits per heavy atom. The molecule has 0 aliphatic heterocycles. The van der Waals surface area contributed by atoms with Crippen molar-refractivity contribution in [1.29, 1.82) is 0 Å². The zero-order valence-corrected chi connectivity index (χ0v) is 9.81. The third-order valence-electron chi connectivity index (χ3n) is 2.05. The molecule has 1 heterocycles. The van der Waals surface area contributed by atoms with Crippen molar-refractivity contribution in [3.8, 4) is 0 Å². The maximum atomic E-state index is 11.8. The van der Waals surface area contributed by atoms with E-state index in [0.29, 0.717) is 5.39 Å². The minimum absolute atomic E-state index is 0.0456. The van der Waals surface area contributed by atoms with E-state index in [9.17, 15) is 9.59 Å². The summed E-state index contributed by atoms with van der Waals surface area (Å²) in [7, 11) is 1.32.